The molecule has 2 atom stereocenters. The summed E-state index contributed by atoms with van der Waals surface area (Å²) in [5.74, 6) is -1.79. The minimum Gasteiger partial charge on any atom is -0.480 e. The van der Waals surface area contributed by atoms with Crippen molar-refractivity contribution in [3.8, 4) is 11.1 Å². The zero-order valence-corrected chi connectivity index (χ0v) is 22.3. The van der Waals surface area contributed by atoms with Gasteiger partial charge in [0.05, 0.1) is 0 Å². The lowest BCUT2D eigenvalue weighted by molar-refractivity contribution is -0.142. The van der Waals surface area contributed by atoms with Crippen LogP contribution in [0.3, 0.4) is 0 Å². The van der Waals surface area contributed by atoms with Crippen molar-refractivity contribution in [2.75, 3.05) is 20.2 Å². The van der Waals surface area contributed by atoms with Crippen molar-refractivity contribution in [2.24, 2.45) is 0 Å². The molecule has 1 unspecified atom stereocenters. The summed E-state index contributed by atoms with van der Waals surface area (Å²) in [5, 5.41) is 14.8. The average molecular weight is 530 g/mol. The first-order valence-electron chi connectivity index (χ1n) is 13.2. The van der Waals surface area contributed by atoms with Crippen LogP contribution in [0.5, 0.6) is 0 Å². The Labute approximate surface area is 229 Å². The maximum absolute atomic E-state index is 13.2. The monoisotopic (exact) mass is 529 g/mol. The lowest BCUT2D eigenvalue weighted by Gasteiger charge is -2.26. The van der Waals surface area contributed by atoms with Gasteiger partial charge in [-0.3, -0.25) is 9.69 Å². The second kappa shape index (κ2) is 13.1. The van der Waals surface area contributed by atoms with E-state index in [9.17, 15) is 19.5 Å². The molecular weight excluding hydrogens is 494 g/mol. The molecule has 39 heavy (non-hydrogen) atoms. The smallest absolute Gasteiger partial charge is 0.407 e. The second-order valence-electron chi connectivity index (χ2n) is 9.89. The molecule has 0 saturated heterocycles. The molecule has 8 nitrogen and oxygen atoms in total. The molecular formula is C31H35N3O5. The number of carboxylic acid groups (broad SMARTS) is 1. The molecule has 4 rings (SSSR count). The Morgan fingerprint density at radius 1 is 0.872 bits per heavy atom. The third-order valence-electron chi connectivity index (χ3n) is 6.93. The van der Waals surface area contributed by atoms with E-state index in [4.69, 9.17) is 4.74 Å². The highest BCUT2D eigenvalue weighted by molar-refractivity contribution is 5.89. The molecule has 0 radical (unpaired) electrons. The number of carboxylic acids is 1. The zero-order valence-electron chi connectivity index (χ0n) is 22.3. The molecule has 1 aliphatic carbocycles. The number of amides is 2. The van der Waals surface area contributed by atoms with Crippen LogP contribution in [0.1, 0.15) is 42.4 Å². The highest BCUT2D eigenvalue weighted by Gasteiger charge is 2.31. The number of ether oxygens (including phenoxy) is 1. The number of likely N-dealkylation sites (N-methyl/N-ethyl adjacent to an activating group) is 1. The number of alkyl carbamates (subject to hydrolysis) is 1. The fourth-order valence-electron chi connectivity index (χ4n) is 5.07. The Balaban J connectivity index is 1.44. The Bertz CT molecular complexity index is 1250. The molecule has 0 aliphatic heterocycles. The summed E-state index contributed by atoms with van der Waals surface area (Å²) in [4.78, 5) is 39.7. The van der Waals surface area contributed by atoms with Crippen LogP contribution >= 0.6 is 0 Å². The lowest BCUT2D eigenvalue weighted by atomic mass is 9.98. The Morgan fingerprint density at radius 3 is 2.05 bits per heavy atom. The third-order valence-corrected chi connectivity index (χ3v) is 6.93. The minimum absolute atomic E-state index is 0.113. The molecule has 204 valence electrons. The quantitative estimate of drug-likeness (QED) is 0.321. The third kappa shape index (κ3) is 7.03. The van der Waals surface area contributed by atoms with E-state index >= 15 is 0 Å². The molecule has 2 amide bonds. The number of hydrogen-bond acceptors (Lipinski definition) is 5. The minimum atomic E-state index is -1.11. The van der Waals surface area contributed by atoms with Crippen LogP contribution in [-0.4, -0.2) is 60.3 Å². The first-order valence-corrected chi connectivity index (χ1v) is 13.2. The number of carbonyl (C=O) groups is 3. The number of benzene rings is 3. The van der Waals surface area contributed by atoms with Gasteiger partial charge in [-0.25, -0.2) is 9.59 Å². The fourth-order valence-corrected chi connectivity index (χ4v) is 5.07. The number of fused-ring (bicyclic) bond motifs is 3. The van der Waals surface area contributed by atoms with Gasteiger partial charge in [0.2, 0.25) is 5.91 Å². The van der Waals surface area contributed by atoms with Crippen LogP contribution in [0, 0.1) is 0 Å². The largest absolute Gasteiger partial charge is 0.480 e. The second-order valence-corrected chi connectivity index (χ2v) is 9.89. The molecule has 3 aromatic carbocycles. The predicted octanol–water partition coefficient (Wildman–Crippen LogP) is 4.40. The van der Waals surface area contributed by atoms with Crippen molar-refractivity contribution in [3.63, 3.8) is 0 Å². The number of nitrogens with one attached hydrogen (secondary N) is 2. The summed E-state index contributed by atoms with van der Waals surface area (Å²) in [6.45, 7) is 2.68. The molecule has 0 bridgehead atoms. The van der Waals surface area contributed by atoms with Gasteiger partial charge in [0.15, 0.2) is 0 Å². The van der Waals surface area contributed by atoms with Crippen molar-refractivity contribution < 1.29 is 24.2 Å². The van der Waals surface area contributed by atoms with Gasteiger partial charge < -0.3 is 20.5 Å². The van der Waals surface area contributed by atoms with E-state index in [1.54, 1.807) is 0 Å². The molecule has 0 heterocycles. The first kappa shape index (κ1) is 27.9. The van der Waals surface area contributed by atoms with Crippen molar-refractivity contribution in [2.45, 2.75) is 44.3 Å². The molecule has 0 spiro atoms. The number of hydrogen-bond donors (Lipinski definition) is 3. The van der Waals surface area contributed by atoms with Crippen LogP contribution in [-0.2, 0) is 20.9 Å². The highest BCUT2D eigenvalue weighted by atomic mass is 16.5. The molecule has 0 fully saturated rings. The molecule has 1 aliphatic rings. The summed E-state index contributed by atoms with van der Waals surface area (Å²) in [6.07, 6.45) is 0.154. The number of carbonyl (C=O) groups excluding carboxylic acids is 2. The van der Waals surface area contributed by atoms with Crippen molar-refractivity contribution >= 4 is 18.0 Å². The van der Waals surface area contributed by atoms with Gasteiger partial charge in [0, 0.05) is 19.0 Å². The van der Waals surface area contributed by atoms with Crippen LogP contribution in [0.2, 0.25) is 0 Å². The van der Waals surface area contributed by atoms with Crippen molar-refractivity contribution in [1.82, 2.24) is 15.5 Å². The standard InChI is InChI=1S/C31H35N3O5/c1-3-11-27(30(36)37)32-29(35)28(19-34(2)18-21-12-5-4-6-13-21)33-31(38)39-20-26-24-16-9-7-14-22(24)23-15-8-10-17-25(23)26/h4-10,12-17,26-28H,3,11,18-20H2,1-2H3,(H,32,35)(H,33,38)(H,36,37)/t27-,28?/m0/s1. The summed E-state index contributed by atoms with van der Waals surface area (Å²) in [6, 6.07) is 23.8. The van der Waals surface area contributed by atoms with Gasteiger partial charge >= 0.3 is 12.1 Å². The van der Waals surface area contributed by atoms with E-state index in [1.807, 2.05) is 85.6 Å². The van der Waals surface area contributed by atoms with E-state index in [2.05, 4.69) is 22.8 Å². The molecule has 0 aromatic heterocycles. The Kier molecular flexibility index (Phi) is 9.33. The van der Waals surface area contributed by atoms with Crippen LogP contribution in [0.25, 0.3) is 11.1 Å². The summed E-state index contributed by atoms with van der Waals surface area (Å²) < 4.78 is 5.66. The summed E-state index contributed by atoms with van der Waals surface area (Å²) in [5.41, 5.74) is 5.48. The van der Waals surface area contributed by atoms with E-state index in [-0.39, 0.29) is 19.1 Å². The SMILES string of the molecule is CCC[C@H](NC(=O)C(CN(C)Cc1ccccc1)NC(=O)OCC1c2ccccc2-c2ccccc21)C(=O)O. The molecule has 8 heteroatoms. The number of nitrogens with zero attached hydrogens (tertiary/aromatic N) is 1. The van der Waals surface area contributed by atoms with Crippen LogP contribution < -0.4 is 10.6 Å². The first-order chi connectivity index (χ1) is 18.9. The van der Waals surface area contributed by atoms with Crippen LogP contribution in [0.15, 0.2) is 78.9 Å². The predicted molar refractivity (Wildman–Crippen MR) is 149 cm³/mol. The van der Waals surface area contributed by atoms with Gasteiger partial charge in [-0.2, -0.15) is 0 Å². The average Bonchev–Trinajstić information content (AvgIpc) is 3.25. The van der Waals surface area contributed by atoms with E-state index in [0.29, 0.717) is 19.4 Å². The topological polar surface area (TPSA) is 108 Å². The number of aliphatic carboxylic acids is 1. The summed E-state index contributed by atoms with van der Waals surface area (Å²) >= 11 is 0. The van der Waals surface area contributed by atoms with E-state index in [1.165, 1.54) is 0 Å². The summed E-state index contributed by atoms with van der Waals surface area (Å²) in [7, 11) is 1.84. The van der Waals surface area contributed by atoms with E-state index < -0.39 is 30.1 Å². The van der Waals surface area contributed by atoms with Gasteiger partial charge in [0.1, 0.15) is 18.7 Å². The van der Waals surface area contributed by atoms with E-state index in [0.717, 1.165) is 27.8 Å². The highest BCUT2D eigenvalue weighted by Crippen LogP contribution is 2.44. The zero-order chi connectivity index (χ0) is 27.8. The Morgan fingerprint density at radius 2 is 1.46 bits per heavy atom. The van der Waals surface area contributed by atoms with Gasteiger partial charge in [-0.1, -0.05) is 92.2 Å². The van der Waals surface area contributed by atoms with Gasteiger partial charge in [0.25, 0.3) is 0 Å². The maximum atomic E-state index is 13.2. The molecule has 3 N–H and O–H groups in total. The fraction of sp³-hybridized carbons (Fsp3) is 0.323. The van der Waals surface area contributed by atoms with Crippen molar-refractivity contribution in [1.29, 1.82) is 0 Å². The lowest BCUT2D eigenvalue weighted by Crippen LogP contribution is -2.55. The van der Waals surface area contributed by atoms with Crippen LogP contribution in [0.4, 0.5) is 4.79 Å². The number of rotatable bonds is 12. The maximum Gasteiger partial charge on any atom is 0.407 e. The van der Waals surface area contributed by atoms with Gasteiger partial charge in [-0.05, 0) is 41.3 Å². The molecule has 0 saturated carbocycles. The van der Waals surface area contributed by atoms with Gasteiger partial charge in [-0.15, -0.1) is 0 Å². The van der Waals surface area contributed by atoms with Crippen molar-refractivity contribution in [3.05, 3.63) is 95.6 Å². The Hall–Kier alpha value is -4.17. The molecule has 3 aromatic rings. The normalized spacial score (nSPS) is 13.7.